The predicted octanol–water partition coefficient (Wildman–Crippen LogP) is 2.79. The summed E-state index contributed by atoms with van der Waals surface area (Å²) < 4.78 is 33.6. The average Bonchev–Trinajstić information content (AvgIpc) is 2.97. The Bertz CT molecular complexity index is 861. The third-order valence-corrected chi connectivity index (χ3v) is 5.38. The van der Waals surface area contributed by atoms with Gasteiger partial charge in [0.25, 0.3) is 10.0 Å². The molecule has 0 aliphatic carbocycles. The maximum absolute atomic E-state index is 12.7. The minimum absolute atomic E-state index is 0.268. The van der Waals surface area contributed by atoms with Crippen molar-refractivity contribution < 1.29 is 13.2 Å². The first-order chi connectivity index (χ1) is 11.3. The van der Waals surface area contributed by atoms with E-state index in [4.69, 9.17) is 4.74 Å². The summed E-state index contributed by atoms with van der Waals surface area (Å²) >= 11 is 0. The highest BCUT2D eigenvalue weighted by Gasteiger charge is 2.20. The molecule has 2 aromatic carbocycles. The van der Waals surface area contributed by atoms with Crippen molar-refractivity contribution in [1.82, 2.24) is 4.90 Å². The summed E-state index contributed by atoms with van der Waals surface area (Å²) in [6, 6.07) is 10.9. The molecule has 0 bridgehead atoms. The van der Waals surface area contributed by atoms with Gasteiger partial charge in [0.2, 0.25) is 0 Å². The van der Waals surface area contributed by atoms with Crippen LogP contribution in [0.3, 0.4) is 0 Å². The van der Waals surface area contributed by atoms with E-state index in [1.165, 1.54) is 0 Å². The predicted molar refractivity (Wildman–Crippen MR) is 95.0 cm³/mol. The van der Waals surface area contributed by atoms with Gasteiger partial charge in [0, 0.05) is 13.0 Å². The number of hydrogen-bond donors (Lipinski definition) is 1. The van der Waals surface area contributed by atoms with E-state index >= 15 is 0 Å². The molecule has 0 saturated heterocycles. The fraction of sp³-hybridized carbons (Fsp3) is 0.333. The summed E-state index contributed by atoms with van der Waals surface area (Å²) in [4.78, 5) is 2.31. The van der Waals surface area contributed by atoms with Crippen molar-refractivity contribution in [2.75, 3.05) is 25.4 Å². The van der Waals surface area contributed by atoms with Crippen molar-refractivity contribution in [2.24, 2.45) is 0 Å². The van der Waals surface area contributed by atoms with Crippen molar-refractivity contribution in [1.29, 1.82) is 0 Å². The molecule has 0 atom stereocenters. The van der Waals surface area contributed by atoms with Crippen LogP contribution >= 0.6 is 0 Å². The van der Waals surface area contributed by atoms with Gasteiger partial charge in [-0.05, 0) is 62.0 Å². The molecule has 1 aliphatic heterocycles. The minimum Gasteiger partial charge on any atom is -0.493 e. The quantitative estimate of drug-likeness (QED) is 0.904. The molecule has 6 heteroatoms. The van der Waals surface area contributed by atoms with Gasteiger partial charge < -0.3 is 9.64 Å². The monoisotopic (exact) mass is 346 g/mol. The van der Waals surface area contributed by atoms with Gasteiger partial charge in [-0.1, -0.05) is 12.1 Å². The number of nitrogens with one attached hydrogen (secondary N) is 1. The smallest absolute Gasteiger partial charge is 0.261 e. The van der Waals surface area contributed by atoms with Crippen molar-refractivity contribution in [3.63, 3.8) is 0 Å². The molecule has 1 N–H and O–H groups in total. The Morgan fingerprint density at radius 2 is 1.96 bits per heavy atom. The second-order valence-electron chi connectivity index (χ2n) is 6.36. The normalized spacial score (nSPS) is 13.7. The number of hydrogen-bond acceptors (Lipinski definition) is 4. The van der Waals surface area contributed by atoms with Gasteiger partial charge in [0.15, 0.2) is 0 Å². The number of sulfonamides is 1. The van der Waals surface area contributed by atoms with E-state index in [-0.39, 0.29) is 4.90 Å². The number of benzene rings is 2. The van der Waals surface area contributed by atoms with E-state index in [1.807, 2.05) is 44.1 Å². The number of ether oxygens (including phenoxy) is 1. The first-order valence-electron chi connectivity index (χ1n) is 7.88. The van der Waals surface area contributed by atoms with Crippen LogP contribution < -0.4 is 9.46 Å². The van der Waals surface area contributed by atoms with E-state index < -0.39 is 10.0 Å². The molecule has 0 radical (unpaired) electrons. The van der Waals surface area contributed by atoms with Gasteiger partial charge in [-0.2, -0.15) is 0 Å². The molecular weight excluding hydrogens is 324 g/mol. The lowest BCUT2D eigenvalue weighted by Crippen LogP contribution is -2.15. The van der Waals surface area contributed by atoms with Crippen LogP contribution in [0, 0.1) is 6.92 Å². The Kier molecular flexibility index (Phi) is 4.51. The van der Waals surface area contributed by atoms with E-state index in [9.17, 15) is 8.42 Å². The topological polar surface area (TPSA) is 58.6 Å². The number of aryl methyl sites for hydroxylation is 1. The average molecular weight is 346 g/mol. The summed E-state index contributed by atoms with van der Waals surface area (Å²) in [6.45, 7) is 3.26. The Labute approximate surface area is 143 Å². The van der Waals surface area contributed by atoms with Crippen LogP contribution in [-0.4, -0.2) is 34.0 Å². The molecule has 0 unspecified atom stereocenters. The first kappa shape index (κ1) is 16.8. The number of anilines is 1. The molecule has 0 saturated carbocycles. The largest absolute Gasteiger partial charge is 0.493 e. The molecule has 2 aromatic rings. The van der Waals surface area contributed by atoms with Crippen molar-refractivity contribution in [2.45, 2.75) is 24.8 Å². The Hall–Kier alpha value is -2.05. The molecule has 0 spiro atoms. The van der Waals surface area contributed by atoms with Crippen LogP contribution in [-0.2, 0) is 23.0 Å². The van der Waals surface area contributed by atoms with Crippen LogP contribution in [0.15, 0.2) is 41.3 Å². The number of nitrogens with zero attached hydrogens (tertiary/aromatic N) is 1. The summed E-state index contributed by atoms with van der Waals surface area (Å²) in [5.41, 5.74) is 3.51. The van der Waals surface area contributed by atoms with E-state index in [0.29, 0.717) is 12.3 Å². The molecule has 1 aliphatic rings. The third kappa shape index (κ3) is 3.55. The molecule has 0 amide bonds. The van der Waals surface area contributed by atoms with Crippen molar-refractivity contribution >= 4 is 15.7 Å². The second kappa shape index (κ2) is 6.45. The minimum atomic E-state index is -3.62. The highest BCUT2D eigenvalue weighted by atomic mass is 32.2. The fourth-order valence-electron chi connectivity index (χ4n) is 2.78. The second-order valence-corrected chi connectivity index (χ2v) is 8.04. The van der Waals surface area contributed by atoms with Gasteiger partial charge >= 0.3 is 0 Å². The lowest BCUT2D eigenvalue weighted by Gasteiger charge is -2.15. The van der Waals surface area contributed by atoms with E-state index in [1.54, 1.807) is 18.2 Å². The molecule has 1 heterocycles. The Balaban J connectivity index is 1.89. The van der Waals surface area contributed by atoms with Crippen molar-refractivity contribution in [3.05, 3.63) is 53.1 Å². The Morgan fingerprint density at radius 1 is 1.17 bits per heavy atom. The Morgan fingerprint density at radius 3 is 2.71 bits per heavy atom. The lowest BCUT2D eigenvalue weighted by molar-refractivity contribution is 0.356. The zero-order valence-corrected chi connectivity index (χ0v) is 15.0. The van der Waals surface area contributed by atoms with E-state index in [0.717, 1.165) is 35.4 Å². The highest BCUT2D eigenvalue weighted by Crippen LogP contribution is 2.29. The summed E-state index contributed by atoms with van der Waals surface area (Å²) in [7, 11) is 0.343. The third-order valence-electron chi connectivity index (χ3n) is 4.02. The zero-order chi connectivity index (χ0) is 17.3. The number of rotatable bonds is 5. The lowest BCUT2D eigenvalue weighted by atomic mass is 10.1. The van der Waals surface area contributed by atoms with Crippen LogP contribution in [0.2, 0.25) is 0 Å². The summed E-state index contributed by atoms with van der Waals surface area (Å²) in [6.07, 6.45) is 0.746. The molecule has 128 valence electrons. The molecule has 3 rings (SSSR count). The van der Waals surface area contributed by atoms with Gasteiger partial charge in [0.05, 0.1) is 17.2 Å². The zero-order valence-electron chi connectivity index (χ0n) is 14.2. The molecule has 24 heavy (non-hydrogen) atoms. The van der Waals surface area contributed by atoms with Gasteiger partial charge in [-0.15, -0.1) is 0 Å². The van der Waals surface area contributed by atoms with Crippen molar-refractivity contribution in [3.8, 4) is 5.75 Å². The summed E-state index contributed by atoms with van der Waals surface area (Å²) in [5, 5.41) is 0. The number of fused-ring (bicyclic) bond motifs is 1. The maximum atomic E-state index is 12.7. The highest BCUT2D eigenvalue weighted by molar-refractivity contribution is 7.92. The molecule has 5 nitrogen and oxygen atoms in total. The van der Waals surface area contributed by atoms with Gasteiger partial charge in [0.1, 0.15) is 5.75 Å². The van der Waals surface area contributed by atoms with Crippen LogP contribution in [0.25, 0.3) is 0 Å². The molecular formula is C18H22N2O3S. The van der Waals surface area contributed by atoms with Crippen LogP contribution in [0.5, 0.6) is 5.75 Å². The first-order valence-corrected chi connectivity index (χ1v) is 9.36. The summed E-state index contributed by atoms with van der Waals surface area (Å²) in [5.74, 6) is 0.776. The molecule has 0 aromatic heterocycles. The van der Waals surface area contributed by atoms with Gasteiger partial charge in [-0.3, -0.25) is 4.72 Å². The molecule has 0 fully saturated rings. The van der Waals surface area contributed by atoms with E-state index in [2.05, 4.69) is 4.72 Å². The standard InChI is InChI=1S/C18H22N2O3S/c1-13-4-5-14(12-20(2)3)10-17(13)19-24(21,22)16-6-7-18-15(11-16)8-9-23-18/h4-7,10-11,19H,8-9,12H2,1-3H3. The maximum Gasteiger partial charge on any atom is 0.261 e. The SMILES string of the molecule is Cc1ccc(CN(C)C)cc1NS(=O)(=O)c1ccc2c(c1)CCO2. The van der Waals surface area contributed by atoms with Crippen LogP contribution in [0.4, 0.5) is 5.69 Å². The van der Waals surface area contributed by atoms with Gasteiger partial charge in [-0.25, -0.2) is 8.42 Å². The van der Waals surface area contributed by atoms with Crippen LogP contribution in [0.1, 0.15) is 16.7 Å². The fourth-order valence-corrected chi connectivity index (χ4v) is 3.95.